The molecule has 2 aromatic carbocycles. The summed E-state index contributed by atoms with van der Waals surface area (Å²) in [6.07, 6.45) is 9.04. The van der Waals surface area contributed by atoms with Crippen LogP contribution in [0, 0.1) is 18.8 Å². The third-order valence-corrected chi connectivity index (χ3v) is 7.98. The number of rotatable bonds is 5. The number of hydrogen-bond acceptors (Lipinski definition) is 6. The van der Waals surface area contributed by atoms with E-state index < -0.39 is 0 Å². The first-order valence-corrected chi connectivity index (χ1v) is 13.0. The van der Waals surface area contributed by atoms with Gasteiger partial charge in [0.05, 0.1) is 16.9 Å². The second-order valence-electron chi connectivity index (χ2n) is 10.3. The Labute approximate surface area is 213 Å². The van der Waals surface area contributed by atoms with Gasteiger partial charge < -0.3 is 21.3 Å². The molecule has 1 atom stereocenters. The van der Waals surface area contributed by atoms with Crippen LogP contribution in [0.15, 0.2) is 77.7 Å². The van der Waals surface area contributed by atoms with E-state index in [0.29, 0.717) is 11.8 Å². The van der Waals surface area contributed by atoms with Gasteiger partial charge in [-0.3, -0.25) is 0 Å². The molecule has 4 N–H and O–H groups in total. The Kier molecular flexibility index (Phi) is 5.97. The zero-order chi connectivity index (χ0) is 24.6. The molecular formula is C30H34N6. The van der Waals surface area contributed by atoms with Crippen LogP contribution in [0.5, 0.6) is 0 Å². The van der Waals surface area contributed by atoms with Gasteiger partial charge >= 0.3 is 0 Å². The summed E-state index contributed by atoms with van der Waals surface area (Å²) in [5.41, 5.74) is 13.9. The lowest BCUT2D eigenvalue weighted by atomic mass is 9.80. The maximum atomic E-state index is 6.47. The predicted molar refractivity (Wildman–Crippen MR) is 148 cm³/mol. The summed E-state index contributed by atoms with van der Waals surface area (Å²) < 4.78 is 0. The third kappa shape index (κ3) is 4.05. The van der Waals surface area contributed by atoms with Gasteiger partial charge in [-0.1, -0.05) is 42.5 Å². The highest BCUT2D eigenvalue weighted by atomic mass is 15.3. The number of hydrogen-bond donors (Lipinski definition) is 3. The highest BCUT2D eigenvalue weighted by molar-refractivity contribution is 6.05. The van der Waals surface area contributed by atoms with Crippen LogP contribution in [0.3, 0.4) is 0 Å². The Hall–Kier alpha value is -3.64. The number of benzene rings is 2. The van der Waals surface area contributed by atoms with Crippen molar-refractivity contribution in [1.82, 2.24) is 20.5 Å². The van der Waals surface area contributed by atoms with Crippen molar-refractivity contribution >= 4 is 22.4 Å². The van der Waals surface area contributed by atoms with Crippen LogP contribution < -0.4 is 16.4 Å². The van der Waals surface area contributed by atoms with Crippen LogP contribution in [0.2, 0.25) is 0 Å². The minimum atomic E-state index is 0.192. The molecule has 6 heteroatoms. The van der Waals surface area contributed by atoms with Crippen molar-refractivity contribution < 1.29 is 0 Å². The Bertz CT molecular complexity index is 1360. The van der Waals surface area contributed by atoms with Crippen LogP contribution in [0.25, 0.3) is 27.9 Å². The summed E-state index contributed by atoms with van der Waals surface area (Å²) in [6.45, 7) is 3.27. The molecule has 3 heterocycles. The number of amidine groups is 1. The van der Waals surface area contributed by atoms with Crippen molar-refractivity contribution in [3.8, 4) is 11.3 Å². The maximum Gasteiger partial charge on any atom is 0.149 e. The topological polar surface area (TPSA) is 78.6 Å². The van der Waals surface area contributed by atoms with E-state index in [-0.39, 0.29) is 6.17 Å². The van der Waals surface area contributed by atoms with E-state index in [4.69, 9.17) is 10.7 Å². The summed E-state index contributed by atoms with van der Waals surface area (Å²) in [5.74, 6) is 1.90. The van der Waals surface area contributed by atoms with E-state index in [1.807, 2.05) is 12.3 Å². The van der Waals surface area contributed by atoms with Crippen LogP contribution in [-0.4, -0.2) is 35.5 Å². The number of pyridine rings is 1. The van der Waals surface area contributed by atoms with Gasteiger partial charge in [0.2, 0.25) is 0 Å². The fraction of sp³-hybridized carbons (Fsp3) is 0.333. The molecular weight excluding hydrogens is 444 g/mol. The zero-order valence-corrected chi connectivity index (χ0v) is 21.0. The van der Waals surface area contributed by atoms with E-state index in [9.17, 15) is 0 Å². The number of nitrogens with one attached hydrogen (secondary N) is 2. The van der Waals surface area contributed by atoms with Crippen LogP contribution in [0.4, 0.5) is 0 Å². The van der Waals surface area contributed by atoms with Crippen LogP contribution in [-0.2, 0) is 0 Å². The first kappa shape index (κ1) is 22.8. The summed E-state index contributed by atoms with van der Waals surface area (Å²) >= 11 is 0. The molecule has 1 aliphatic carbocycles. The van der Waals surface area contributed by atoms with Gasteiger partial charge in [-0.2, -0.15) is 0 Å². The SMILES string of the molecule is CNC[C@H]1CC[C@H](C2NC(c3ccc4c(C)cc(-c5ccccc5)nc4c3)=C3C(N)=NC=CN32)CC1. The average molecular weight is 479 g/mol. The Morgan fingerprint density at radius 3 is 2.61 bits per heavy atom. The van der Waals surface area contributed by atoms with Gasteiger partial charge in [-0.25, -0.2) is 9.98 Å². The highest BCUT2D eigenvalue weighted by Crippen LogP contribution is 2.39. The fourth-order valence-electron chi connectivity index (χ4n) is 6.10. The van der Waals surface area contributed by atoms with Gasteiger partial charge in [-0.05, 0) is 75.7 Å². The van der Waals surface area contributed by atoms with Gasteiger partial charge in [0.15, 0.2) is 0 Å². The molecule has 0 radical (unpaired) electrons. The molecule has 1 fully saturated rings. The molecule has 1 unspecified atom stereocenters. The van der Waals surface area contributed by atoms with Crippen molar-refractivity contribution in [3.05, 3.63) is 83.8 Å². The Morgan fingerprint density at radius 2 is 1.83 bits per heavy atom. The number of aryl methyl sites for hydroxylation is 1. The van der Waals surface area contributed by atoms with Gasteiger partial charge in [-0.15, -0.1) is 0 Å². The number of nitrogens with zero attached hydrogens (tertiary/aromatic N) is 3. The largest absolute Gasteiger partial charge is 0.382 e. The van der Waals surface area contributed by atoms with Crippen LogP contribution >= 0.6 is 0 Å². The molecule has 0 spiro atoms. The molecule has 1 aromatic heterocycles. The molecule has 3 aromatic rings. The van der Waals surface area contributed by atoms with Gasteiger partial charge in [0.1, 0.15) is 17.7 Å². The predicted octanol–water partition coefficient (Wildman–Crippen LogP) is 4.98. The number of aromatic nitrogens is 1. The molecule has 0 amide bonds. The molecule has 6 nitrogen and oxygen atoms in total. The molecule has 184 valence electrons. The minimum Gasteiger partial charge on any atom is -0.382 e. The maximum absolute atomic E-state index is 6.47. The Morgan fingerprint density at radius 1 is 1.03 bits per heavy atom. The monoisotopic (exact) mass is 478 g/mol. The first-order chi connectivity index (χ1) is 17.6. The lowest BCUT2D eigenvalue weighted by molar-refractivity contribution is 0.168. The van der Waals surface area contributed by atoms with Crippen molar-refractivity contribution in [3.63, 3.8) is 0 Å². The average Bonchev–Trinajstić information content (AvgIpc) is 3.30. The van der Waals surface area contributed by atoms with Crippen molar-refractivity contribution in [1.29, 1.82) is 0 Å². The van der Waals surface area contributed by atoms with E-state index in [2.05, 4.69) is 89.2 Å². The number of nitrogens with two attached hydrogens (primary N) is 1. The quantitative estimate of drug-likeness (QED) is 0.482. The Balaban J connectivity index is 1.36. The highest BCUT2D eigenvalue weighted by Gasteiger charge is 2.39. The number of fused-ring (bicyclic) bond motifs is 2. The molecule has 3 aliphatic rings. The molecule has 36 heavy (non-hydrogen) atoms. The molecule has 6 rings (SSSR count). The second kappa shape index (κ2) is 9.43. The van der Waals surface area contributed by atoms with Crippen LogP contribution in [0.1, 0.15) is 36.8 Å². The van der Waals surface area contributed by atoms with Crippen molar-refractivity contribution in [2.24, 2.45) is 22.6 Å². The zero-order valence-electron chi connectivity index (χ0n) is 21.0. The molecule has 0 saturated heterocycles. The standard InChI is InChI=1S/C30H34N6/c1-19-16-25(21-6-4-3-5-7-21)34-26-17-23(12-13-24(19)26)27-28-29(31)33-14-15-36(28)30(35-27)22-10-8-20(9-11-22)18-32-2/h3-7,12-17,20,22,30,32,35H,8-11,18H2,1-2H3,(H2,31,33)/t20-,22-,30?. The summed E-state index contributed by atoms with van der Waals surface area (Å²) in [7, 11) is 2.05. The first-order valence-electron chi connectivity index (χ1n) is 13.0. The third-order valence-electron chi connectivity index (χ3n) is 7.98. The fourth-order valence-corrected chi connectivity index (χ4v) is 6.10. The van der Waals surface area contributed by atoms with E-state index in [1.54, 1.807) is 0 Å². The lowest BCUT2D eigenvalue weighted by Gasteiger charge is -2.37. The second-order valence-corrected chi connectivity index (χ2v) is 10.3. The van der Waals surface area contributed by atoms with Crippen molar-refractivity contribution in [2.75, 3.05) is 13.6 Å². The summed E-state index contributed by atoms with van der Waals surface area (Å²) in [4.78, 5) is 11.8. The lowest BCUT2D eigenvalue weighted by Crippen LogP contribution is -2.44. The number of aliphatic imine (C=N–C) groups is 1. The summed E-state index contributed by atoms with van der Waals surface area (Å²) in [6, 6.07) is 19.1. The van der Waals surface area contributed by atoms with E-state index >= 15 is 0 Å². The van der Waals surface area contributed by atoms with Gasteiger partial charge in [0, 0.05) is 28.9 Å². The van der Waals surface area contributed by atoms with Gasteiger partial charge in [0.25, 0.3) is 0 Å². The van der Waals surface area contributed by atoms with E-state index in [1.165, 1.54) is 36.6 Å². The molecule has 1 saturated carbocycles. The normalized spacial score (nSPS) is 23.6. The summed E-state index contributed by atoms with van der Waals surface area (Å²) in [5, 5.41) is 8.39. The van der Waals surface area contributed by atoms with Crippen molar-refractivity contribution in [2.45, 2.75) is 38.8 Å². The smallest absolute Gasteiger partial charge is 0.149 e. The molecule has 0 bridgehead atoms. The minimum absolute atomic E-state index is 0.192. The molecule has 2 aliphatic heterocycles. The van der Waals surface area contributed by atoms with E-state index in [0.717, 1.165) is 46.2 Å².